The van der Waals surface area contributed by atoms with Crippen LogP contribution in [0.5, 0.6) is 11.5 Å². The lowest BCUT2D eigenvalue weighted by Crippen LogP contribution is -1.99. The zero-order valence-corrected chi connectivity index (χ0v) is 13.4. The van der Waals surface area contributed by atoms with E-state index in [1.165, 1.54) is 0 Å². The normalized spacial score (nSPS) is 10.9. The third-order valence-electron chi connectivity index (χ3n) is 3.84. The molecule has 0 unspecified atom stereocenters. The molecule has 0 aliphatic heterocycles. The molecule has 118 valence electrons. The summed E-state index contributed by atoms with van der Waals surface area (Å²) in [4.78, 5) is 10.5. The van der Waals surface area contributed by atoms with Crippen LogP contribution in [0.4, 0.5) is 0 Å². The van der Waals surface area contributed by atoms with Crippen LogP contribution in [0.3, 0.4) is 0 Å². The van der Waals surface area contributed by atoms with Gasteiger partial charge in [-0.05, 0) is 50.1 Å². The SMILES string of the molecule is CCOc1cc(-c2ccc(O)cc2)cc(=[OH+])c2c(C)oc(C)c12. The summed E-state index contributed by atoms with van der Waals surface area (Å²) in [5.74, 6) is 2.24. The van der Waals surface area contributed by atoms with Crippen molar-refractivity contribution in [3.05, 3.63) is 53.3 Å². The molecule has 0 amide bonds. The topological polar surface area (TPSA) is 64.0 Å². The first-order chi connectivity index (χ1) is 11.0. The second-order valence-corrected chi connectivity index (χ2v) is 5.44. The molecule has 0 aliphatic rings. The predicted octanol–water partition coefficient (Wildman–Crippen LogP) is 3.83. The lowest BCUT2D eigenvalue weighted by Gasteiger charge is -2.04. The van der Waals surface area contributed by atoms with Crippen molar-refractivity contribution < 1.29 is 19.1 Å². The third-order valence-corrected chi connectivity index (χ3v) is 3.84. The van der Waals surface area contributed by atoms with E-state index in [0.717, 1.165) is 16.5 Å². The number of fused-ring (bicyclic) bond motifs is 1. The highest BCUT2D eigenvalue weighted by atomic mass is 16.5. The van der Waals surface area contributed by atoms with Crippen LogP contribution in [0, 0.1) is 13.8 Å². The van der Waals surface area contributed by atoms with E-state index >= 15 is 0 Å². The Morgan fingerprint density at radius 2 is 1.65 bits per heavy atom. The molecule has 1 aromatic heterocycles. The number of aryl methyl sites for hydroxylation is 2. The third kappa shape index (κ3) is 2.68. The van der Waals surface area contributed by atoms with Gasteiger partial charge < -0.3 is 14.3 Å². The van der Waals surface area contributed by atoms with Gasteiger partial charge in [-0.1, -0.05) is 12.1 Å². The number of phenols is 1. The van der Waals surface area contributed by atoms with Crippen molar-refractivity contribution >= 4 is 10.8 Å². The van der Waals surface area contributed by atoms with E-state index in [2.05, 4.69) is 0 Å². The fourth-order valence-corrected chi connectivity index (χ4v) is 2.85. The fraction of sp³-hybridized carbons (Fsp3) is 0.211. The van der Waals surface area contributed by atoms with E-state index in [0.29, 0.717) is 29.3 Å². The summed E-state index contributed by atoms with van der Waals surface area (Å²) in [6.07, 6.45) is 0. The van der Waals surface area contributed by atoms with Crippen molar-refractivity contribution in [3.8, 4) is 22.6 Å². The Morgan fingerprint density at radius 1 is 1.00 bits per heavy atom. The molecular weight excluding hydrogens is 292 g/mol. The summed E-state index contributed by atoms with van der Waals surface area (Å²) in [5.41, 5.74) is 1.83. The summed E-state index contributed by atoms with van der Waals surface area (Å²) >= 11 is 0. The number of phenolic OH excluding ortho intramolecular Hbond substituents is 1. The maximum atomic E-state index is 10.5. The smallest absolute Gasteiger partial charge is 0.352 e. The van der Waals surface area contributed by atoms with Gasteiger partial charge in [-0.15, -0.1) is 0 Å². The summed E-state index contributed by atoms with van der Waals surface area (Å²) in [6.45, 7) is 6.11. The van der Waals surface area contributed by atoms with Crippen molar-refractivity contribution in [2.24, 2.45) is 0 Å². The molecule has 4 nitrogen and oxygen atoms in total. The second-order valence-electron chi connectivity index (χ2n) is 5.44. The van der Waals surface area contributed by atoms with Crippen molar-refractivity contribution in [1.82, 2.24) is 0 Å². The van der Waals surface area contributed by atoms with E-state index < -0.39 is 0 Å². The molecule has 0 aliphatic carbocycles. The quantitative estimate of drug-likeness (QED) is 0.748. The number of hydrogen-bond acceptors (Lipinski definition) is 3. The average Bonchev–Trinajstić information content (AvgIpc) is 2.71. The van der Waals surface area contributed by atoms with Crippen LogP contribution < -0.4 is 10.2 Å². The number of hydrogen-bond donors (Lipinski definition) is 1. The lowest BCUT2D eigenvalue weighted by molar-refractivity contribution is 0.344. The molecule has 4 heteroatoms. The molecule has 0 bridgehead atoms. The van der Waals surface area contributed by atoms with E-state index in [-0.39, 0.29) is 11.2 Å². The monoisotopic (exact) mass is 311 g/mol. The van der Waals surface area contributed by atoms with Crippen LogP contribution in [0.1, 0.15) is 18.4 Å². The molecule has 0 radical (unpaired) electrons. The van der Waals surface area contributed by atoms with Crippen molar-refractivity contribution in [3.63, 3.8) is 0 Å². The average molecular weight is 311 g/mol. The van der Waals surface area contributed by atoms with E-state index in [4.69, 9.17) is 9.15 Å². The van der Waals surface area contributed by atoms with Gasteiger partial charge in [-0.2, -0.15) is 0 Å². The van der Waals surface area contributed by atoms with Gasteiger partial charge in [0, 0.05) is 0 Å². The summed E-state index contributed by atoms with van der Waals surface area (Å²) in [6, 6.07) is 10.4. The van der Waals surface area contributed by atoms with Gasteiger partial charge in [-0.25, -0.2) is 0 Å². The minimum Gasteiger partial charge on any atom is -0.508 e. The molecule has 2 aromatic carbocycles. The van der Waals surface area contributed by atoms with Gasteiger partial charge in [0.2, 0.25) is 0 Å². The highest BCUT2D eigenvalue weighted by Gasteiger charge is 2.18. The Hall–Kier alpha value is -2.75. The Labute approximate surface area is 134 Å². The van der Waals surface area contributed by atoms with Crippen molar-refractivity contribution in [2.75, 3.05) is 6.61 Å². The summed E-state index contributed by atoms with van der Waals surface area (Å²) in [7, 11) is 0. The molecule has 0 atom stereocenters. The van der Waals surface area contributed by atoms with Crippen LogP contribution in [0.15, 0.2) is 40.8 Å². The van der Waals surface area contributed by atoms with Gasteiger partial charge in [0.1, 0.15) is 28.4 Å². The first-order valence-corrected chi connectivity index (χ1v) is 7.53. The Bertz CT molecular complexity index is 921. The van der Waals surface area contributed by atoms with Crippen LogP contribution in [0.2, 0.25) is 0 Å². The molecule has 0 saturated heterocycles. The fourth-order valence-electron chi connectivity index (χ4n) is 2.85. The van der Waals surface area contributed by atoms with Gasteiger partial charge in [0.15, 0.2) is 0 Å². The van der Waals surface area contributed by atoms with Gasteiger partial charge in [0.25, 0.3) is 0 Å². The molecule has 0 saturated carbocycles. The van der Waals surface area contributed by atoms with Crippen LogP contribution in [-0.2, 0) is 0 Å². The maximum absolute atomic E-state index is 10.5. The minimum absolute atomic E-state index is 0.142. The molecular formula is C19H19O4+. The Balaban J connectivity index is 2.38. The number of ether oxygens (including phenoxy) is 1. The van der Waals surface area contributed by atoms with Crippen LogP contribution in [0.25, 0.3) is 21.9 Å². The maximum Gasteiger partial charge on any atom is 0.352 e. The van der Waals surface area contributed by atoms with E-state index in [1.54, 1.807) is 30.3 Å². The molecule has 0 spiro atoms. The minimum atomic E-state index is 0.142. The first kappa shape index (κ1) is 15.2. The Kier molecular flexibility index (Phi) is 3.82. The number of rotatable bonds is 3. The van der Waals surface area contributed by atoms with E-state index in [9.17, 15) is 9.90 Å². The van der Waals surface area contributed by atoms with Gasteiger partial charge in [-0.3, -0.25) is 4.79 Å². The molecule has 3 rings (SSSR count). The highest BCUT2D eigenvalue weighted by Crippen LogP contribution is 2.33. The Morgan fingerprint density at radius 3 is 2.30 bits per heavy atom. The van der Waals surface area contributed by atoms with Gasteiger partial charge >= 0.3 is 5.43 Å². The summed E-state index contributed by atoms with van der Waals surface area (Å²) in [5, 5.41) is 10.9. The van der Waals surface area contributed by atoms with Crippen molar-refractivity contribution in [2.45, 2.75) is 20.8 Å². The predicted molar refractivity (Wildman–Crippen MR) is 89.0 cm³/mol. The number of aromatic hydroxyl groups is 1. The largest absolute Gasteiger partial charge is 0.508 e. The molecule has 2 N–H and O–H groups in total. The van der Waals surface area contributed by atoms with Crippen LogP contribution >= 0.6 is 0 Å². The summed E-state index contributed by atoms with van der Waals surface area (Å²) < 4.78 is 11.5. The molecule has 3 aromatic rings. The lowest BCUT2D eigenvalue weighted by atomic mass is 10.1. The zero-order chi connectivity index (χ0) is 16.6. The second kappa shape index (κ2) is 5.80. The zero-order valence-electron chi connectivity index (χ0n) is 13.4. The molecule has 1 heterocycles. The van der Waals surface area contributed by atoms with Crippen LogP contribution in [-0.4, -0.2) is 16.5 Å². The number of furan rings is 1. The van der Waals surface area contributed by atoms with Gasteiger partial charge in [0.05, 0.1) is 18.1 Å². The molecule has 0 fully saturated rings. The number of benzene rings is 1. The standard InChI is InChI=1S/C19H18O4/c1-4-22-17-10-14(13-5-7-15(20)8-6-13)9-16(21)18-11(2)23-12(3)19(17)18/h5-10,20H,4H2,1-3H3/p+1. The van der Waals surface area contributed by atoms with Crippen molar-refractivity contribution in [1.29, 1.82) is 0 Å². The highest BCUT2D eigenvalue weighted by molar-refractivity contribution is 5.92. The molecule has 23 heavy (non-hydrogen) atoms. The first-order valence-electron chi connectivity index (χ1n) is 7.53. The van der Waals surface area contributed by atoms with E-state index in [1.807, 2.05) is 26.8 Å².